The van der Waals surface area contributed by atoms with E-state index in [4.69, 9.17) is 0 Å². The highest BCUT2D eigenvalue weighted by Gasteiger charge is 2.34. The number of carbonyl (C=O) groups excluding carboxylic acids is 1. The highest BCUT2D eigenvalue weighted by molar-refractivity contribution is 6.08. The molecule has 1 aromatic rings. The lowest BCUT2D eigenvalue weighted by atomic mass is 9.91. The molecule has 0 spiro atoms. The number of hydrazone groups is 1. The fourth-order valence-electron chi connectivity index (χ4n) is 1.97. The van der Waals surface area contributed by atoms with Gasteiger partial charge in [-0.05, 0) is 17.2 Å². The second-order valence-electron chi connectivity index (χ2n) is 3.66. The predicted octanol–water partition coefficient (Wildman–Crippen LogP) is 1.52. The van der Waals surface area contributed by atoms with Gasteiger partial charge in [0.2, 0.25) is 0 Å². The second-order valence-corrected chi connectivity index (χ2v) is 3.66. The summed E-state index contributed by atoms with van der Waals surface area (Å²) in [6, 6.07) is 6.48. The molecular weight excluding hydrogens is 206 g/mol. The summed E-state index contributed by atoms with van der Waals surface area (Å²) in [5, 5.41) is 14.3. The van der Waals surface area contributed by atoms with E-state index in [0.717, 1.165) is 11.1 Å². The standard InChI is InChI=1S/C11H9N3O2/c15-11-13-12-9-6-5-7-3-1-2-4-8(7)10(9)14(11)16/h1-6,10,16H,(H,13,15)/t10-/m0/s1. The van der Waals surface area contributed by atoms with Gasteiger partial charge in [0, 0.05) is 0 Å². The molecule has 80 valence electrons. The van der Waals surface area contributed by atoms with Crippen LogP contribution in [0.3, 0.4) is 0 Å². The third-order valence-electron chi connectivity index (χ3n) is 2.74. The first-order chi connectivity index (χ1) is 7.77. The van der Waals surface area contributed by atoms with Crippen LogP contribution in [-0.2, 0) is 0 Å². The molecule has 3 rings (SSSR count). The summed E-state index contributed by atoms with van der Waals surface area (Å²) in [5.74, 6) is 0. The third-order valence-corrected chi connectivity index (χ3v) is 2.74. The summed E-state index contributed by atoms with van der Waals surface area (Å²) in [7, 11) is 0. The smallest absolute Gasteiger partial charge is 0.283 e. The Bertz CT molecular complexity index is 522. The normalized spacial score (nSPS) is 22.1. The van der Waals surface area contributed by atoms with E-state index in [9.17, 15) is 10.0 Å². The molecule has 2 N–H and O–H groups in total. The minimum absolute atomic E-state index is 0.505. The van der Waals surface area contributed by atoms with Gasteiger partial charge >= 0.3 is 6.03 Å². The van der Waals surface area contributed by atoms with Crippen LogP contribution in [0.25, 0.3) is 6.08 Å². The van der Waals surface area contributed by atoms with Crippen LogP contribution in [0.2, 0.25) is 0 Å². The first-order valence-corrected chi connectivity index (χ1v) is 4.90. The van der Waals surface area contributed by atoms with E-state index in [1.165, 1.54) is 0 Å². The number of fused-ring (bicyclic) bond motifs is 3. The largest absolute Gasteiger partial charge is 0.362 e. The van der Waals surface area contributed by atoms with Gasteiger partial charge in [-0.15, -0.1) is 0 Å². The molecule has 1 aliphatic heterocycles. The van der Waals surface area contributed by atoms with Crippen molar-refractivity contribution < 1.29 is 10.0 Å². The molecule has 16 heavy (non-hydrogen) atoms. The van der Waals surface area contributed by atoms with E-state index in [-0.39, 0.29) is 0 Å². The van der Waals surface area contributed by atoms with E-state index < -0.39 is 12.1 Å². The topological polar surface area (TPSA) is 64.9 Å². The average Bonchev–Trinajstić information content (AvgIpc) is 2.33. The number of nitrogens with one attached hydrogen (secondary N) is 1. The van der Waals surface area contributed by atoms with Crippen molar-refractivity contribution in [3.63, 3.8) is 0 Å². The van der Waals surface area contributed by atoms with Gasteiger partial charge in [-0.3, -0.25) is 5.21 Å². The molecule has 0 saturated carbocycles. The van der Waals surface area contributed by atoms with E-state index in [2.05, 4.69) is 10.5 Å². The summed E-state index contributed by atoms with van der Waals surface area (Å²) in [5.41, 5.74) is 4.72. The number of rotatable bonds is 0. The van der Waals surface area contributed by atoms with Crippen LogP contribution < -0.4 is 5.43 Å². The summed E-state index contributed by atoms with van der Waals surface area (Å²) < 4.78 is 0. The first kappa shape index (κ1) is 9.11. The molecule has 0 bridgehead atoms. The minimum atomic E-state index is -0.612. The van der Waals surface area contributed by atoms with E-state index >= 15 is 0 Å². The fraction of sp³-hybridized carbons (Fsp3) is 0.0909. The maximum absolute atomic E-state index is 11.3. The summed E-state index contributed by atoms with van der Waals surface area (Å²) in [6.45, 7) is 0. The zero-order chi connectivity index (χ0) is 11.1. The number of amides is 2. The van der Waals surface area contributed by atoms with Gasteiger partial charge in [-0.25, -0.2) is 10.2 Å². The van der Waals surface area contributed by atoms with Gasteiger partial charge in [0.05, 0.1) is 5.71 Å². The highest BCUT2D eigenvalue weighted by atomic mass is 16.5. The number of hydrogen-bond donors (Lipinski definition) is 2. The quantitative estimate of drug-likeness (QED) is 0.644. The molecule has 0 aromatic heterocycles. The molecule has 1 atom stereocenters. The lowest BCUT2D eigenvalue weighted by Crippen LogP contribution is -2.46. The molecule has 2 aliphatic rings. The van der Waals surface area contributed by atoms with Crippen LogP contribution in [0.5, 0.6) is 0 Å². The van der Waals surface area contributed by atoms with Crippen molar-refractivity contribution in [3.8, 4) is 0 Å². The molecule has 1 aromatic carbocycles. The summed E-state index contributed by atoms with van der Waals surface area (Å²) in [4.78, 5) is 11.3. The molecule has 1 heterocycles. The van der Waals surface area contributed by atoms with E-state index in [0.29, 0.717) is 10.8 Å². The number of urea groups is 1. The Morgan fingerprint density at radius 3 is 3.00 bits per heavy atom. The molecule has 0 fully saturated rings. The van der Waals surface area contributed by atoms with Crippen molar-refractivity contribution in [2.75, 3.05) is 0 Å². The predicted molar refractivity (Wildman–Crippen MR) is 57.8 cm³/mol. The van der Waals surface area contributed by atoms with Crippen molar-refractivity contribution in [2.24, 2.45) is 5.10 Å². The van der Waals surface area contributed by atoms with Crippen LogP contribution in [-0.4, -0.2) is 22.0 Å². The molecule has 1 aliphatic carbocycles. The highest BCUT2D eigenvalue weighted by Crippen LogP contribution is 2.31. The number of carbonyl (C=O) groups is 1. The second kappa shape index (κ2) is 3.18. The zero-order valence-electron chi connectivity index (χ0n) is 8.29. The summed E-state index contributed by atoms with van der Waals surface area (Å²) >= 11 is 0. The molecule has 0 unspecified atom stereocenters. The van der Waals surface area contributed by atoms with Crippen molar-refractivity contribution in [3.05, 3.63) is 41.5 Å². The van der Waals surface area contributed by atoms with Gasteiger partial charge in [-0.2, -0.15) is 10.2 Å². The average molecular weight is 215 g/mol. The van der Waals surface area contributed by atoms with Crippen LogP contribution in [0.1, 0.15) is 17.2 Å². The molecule has 5 nitrogen and oxygen atoms in total. The zero-order valence-corrected chi connectivity index (χ0v) is 8.29. The van der Waals surface area contributed by atoms with Crippen molar-refractivity contribution in [2.45, 2.75) is 6.04 Å². The molecule has 2 amide bonds. The lowest BCUT2D eigenvalue weighted by Gasteiger charge is -2.32. The Balaban J connectivity index is 2.18. The number of hydrogen-bond acceptors (Lipinski definition) is 3. The fourth-order valence-corrected chi connectivity index (χ4v) is 1.97. The number of hydroxylamine groups is 2. The van der Waals surface area contributed by atoms with Gasteiger partial charge in [0.25, 0.3) is 0 Å². The molecule has 5 heteroatoms. The Kier molecular flexibility index (Phi) is 1.81. The summed E-state index contributed by atoms with van der Waals surface area (Å²) in [6.07, 6.45) is 3.70. The molecule has 0 radical (unpaired) electrons. The van der Waals surface area contributed by atoms with Crippen LogP contribution in [0.15, 0.2) is 35.4 Å². The maximum atomic E-state index is 11.3. The lowest BCUT2D eigenvalue weighted by molar-refractivity contribution is -0.0635. The van der Waals surface area contributed by atoms with Gasteiger partial charge in [0.1, 0.15) is 6.04 Å². The molecule has 0 saturated heterocycles. The van der Waals surface area contributed by atoms with Crippen LogP contribution in [0.4, 0.5) is 4.79 Å². The Hall–Kier alpha value is -2.14. The monoisotopic (exact) mass is 215 g/mol. The SMILES string of the molecule is O=C1NN=C2C=Cc3ccccc3[C@@H]2N1O. The maximum Gasteiger partial charge on any atom is 0.362 e. The van der Waals surface area contributed by atoms with Crippen molar-refractivity contribution in [1.82, 2.24) is 10.5 Å². The van der Waals surface area contributed by atoms with E-state index in [1.807, 2.05) is 30.3 Å². The third kappa shape index (κ3) is 1.15. The molecular formula is C11H9N3O2. The Labute approximate surface area is 91.6 Å². The Morgan fingerprint density at radius 2 is 2.12 bits per heavy atom. The van der Waals surface area contributed by atoms with Crippen molar-refractivity contribution >= 4 is 17.8 Å². The Morgan fingerprint density at radius 1 is 1.31 bits per heavy atom. The van der Waals surface area contributed by atoms with Crippen molar-refractivity contribution in [1.29, 1.82) is 0 Å². The minimum Gasteiger partial charge on any atom is -0.283 e. The van der Waals surface area contributed by atoms with Gasteiger partial charge in [0.15, 0.2) is 0 Å². The van der Waals surface area contributed by atoms with Crippen LogP contribution in [0, 0.1) is 0 Å². The van der Waals surface area contributed by atoms with Crippen LogP contribution >= 0.6 is 0 Å². The number of nitrogens with zero attached hydrogens (tertiary/aromatic N) is 2. The van der Waals surface area contributed by atoms with Gasteiger partial charge < -0.3 is 0 Å². The van der Waals surface area contributed by atoms with Gasteiger partial charge in [-0.1, -0.05) is 30.3 Å². The van der Waals surface area contributed by atoms with E-state index in [1.54, 1.807) is 6.08 Å². The first-order valence-electron chi connectivity index (χ1n) is 4.90. The number of benzene rings is 1.